The Hall–Kier alpha value is -2.28. The number of nitrogens with zero attached hydrogens (tertiary/aromatic N) is 3. The van der Waals surface area contributed by atoms with E-state index in [1.54, 1.807) is 25.3 Å². The Labute approximate surface area is 108 Å². The van der Waals surface area contributed by atoms with Gasteiger partial charge in [0.15, 0.2) is 0 Å². The van der Waals surface area contributed by atoms with E-state index < -0.39 is 12.0 Å². The van der Waals surface area contributed by atoms with Crippen LogP contribution in [0.4, 0.5) is 4.39 Å². The molecule has 0 fully saturated rings. The van der Waals surface area contributed by atoms with Gasteiger partial charge >= 0.3 is 5.97 Å². The fraction of sp³-hybridized carbons (Fsp3) is 0.250. The zero-order valence-corrected chi connectivity index (χ0v) is 10.2. The number of carboxylic acids is 1. The van der Waals surface area contributed by atoms with Gasteiger partial charge in [-0.3, -0.25) is 4.79 Å². The SMILES string of the molecule is Cc1c(F)cccc1-n1cc(CC(N)C(=O)O)nn1. The second kappa shape index (κ2) is 5.15. The molecule has 1 unspecified atom stereocenters. The van der Waals surface area contributed by atoms with Crippen molar-refractivity contribution < 1.29 is 14.3 Å². The lowest BCUT2D eigenvalue weighted by molar-refractivity contribution is -0.138. The zero-order valence-electron chi connectivity index (χ0n) is 10.2. The molecule has 7 heteroatoms. The summed E-state index contributed by atoms with van der Waals surface area (Å²) in [5.74, 6) is -1.44. The maximum atomic E-state index is 13.4. The van der Waals surface area contributed by atoms with Crippen LogP contribution in [0.1, 0.15) is 11.3 Å². The van der Waals surface area contributed by atoms with E-state index in [1.165, 1.54) is 10.7 Å². The molecule has 3 N–H and O–H groups in total. The standard InChI is InChI=1S/C12H13FN4O2/c1-7-9(13)3-2-4-11(7)17-6-8(15-16-17)5-10(14)12(18)19/h2-4,6,10H,5,14H2,1H3,(H,18,19). The Morgan fingerprint density at radius 3 is 3.00 bits per heavy atom. The van der Waals surface area contributed by atoms with Gasteiger partial charge in [0.2, 0.25) is 0 Å². The molecule has 0 saturated carbocycles. The van der Waals surface area contributed by atoms with Gasteiger partial charge in [-0.25, -0.2) is 9.07 Å². The van der Waals surface area contributed by atoms with Gasteiger partial charge in [0.05, 0.1) is 17.6 Å². The van der Waals surface area contributed by atoms with Crippen molar-refractivity contribution in [3.05, 3.63) is 41.5 Å². The summed E-state index contributed by atoms with van der Waals surface area (Å²) in [5.41, 5.74) is 6.86. The van der Waals surface area contributed by atoms with E-state index in [-0.39, 0.29) is 12.2 Å². The molecule has 0 amide bonds. The summed E-state index contributed by atoms with van der Waals surface area (Å²) in [6.07, 6.45) is 1.62. The van der Waals surface area contributed by atoms with Crippen molar-refractivity contribution >= 4 is 5.97 Å². The van der Waals surface area contributed by atoms with Crippen LogP contribution in [0.2, 0.25) is 0 Å². The first kappa shape index (κ1) is 13.2. The van der Waals surface area contributed by atoms with Crippen LogP contribution in [-0.4, -0.2) is 32.1 Å². The van der Waals surface area contributed by atoms with Gasteiger partial charge in [-0.15, -0.1) is 5.10 Å². The predicted octanol–water partition coefficient (Wildman–Crippen LogP) is 0.669. The van der Waals surface area contributed by atoms with Gasteiger partial charge in [-0.05, 0) is 19.1 Å². The average molecular weight is 264 g/mol. The van der Waals surface area contributed by atoms with Crippen molar-refractivity contribution in [2.45, 2.75) is 19.4 Å². The number of aromatic nitrogens is 3. The molecule has 2 rings (SSSR count). The van der Waals surface area contributed by atoms with E-state index in [4.69, 9.17) is 10.8 Å². The Balaban J connectivity index is 2.26. The third-order valence-electron chi connectivity index (χ3n) is 2.77. The summed E-state index contributed by atoms with van der Waals surface area (Å²) in [6.45, 7) is 1.63. The highest BCUT2D eigenvalue weighted by Gasteiger charge is 2.15. The number of carboxylic acid groups (broad SMARTS) is 1. The first-order valence-corrected chi connectivity index (χ1v) is 5.64. The lowest BCUT2D eigenvalue weighted by Gasteiger charge is -2.05. The molecule has 0 spiro atoms. The molecule has 0 aliphatic rings. The highest BCUT2D eigenvalue weighted by molar-refractivity contribution is 5.73. The van der Waals surface area contributed by atoms with Crippen molar-refractivity contribution in [1.82, 2.24) is 15.0 Å². The number of hydrogen-bond acceptors (Lipinski definition) is 4. The van der Waals surface area contributed by atoms with Gasteiger partial charge in [0.1, 0.15) is 11.9 Å². The van der Waals surface area contributed by atoms with Gasteiger partial charge in [0, 0.05) is 12.0 Å². The molecule has 2 aromatic rings. The number of nitrogens with two attached hydrogens (primary N) is 1. The molecular formula is C12H13FN4O2. The highest BCUT2D eigenvalue weighted by Crippen LogP contribution is 2.16. The van der Waals surface area contributed by atoms with Gasteiger partial charge in [0.25, 0.3) is 0 Å². The Morgan fingerprint density at radius 2 is 2.32 bits per heavy atom. The van der Waals surface area contributed by atoms with Crippen molar-refractivity contribution in [2.75, 3.05) is 0 Å². The summed E-state index contributed by atoms with van der Waals surface area (Å²) in [5, 5.41) is 16.4. The van der Waals surface area contributed by atoms with E-state index >= 15 is 0 Å². The summed E-state index contributed by atoms with van der Waals surface area (Å²) in [7, 11) is 0. The Kier molecular flexibility index (Phi) is 3.57. The molecule has 1 atom stereocenters. The van der Waals surface area contributed by atoms with Crippen LogP contribution >= 0.6 is 0 Å². The molecule has 100 valence electrons. The summed E-state index contributed by atoms with van der Waals surface area (Å²) in [4.78, 5) is 10.6. The number of hydrogen-bond donors (Lipinski definition) is 2. The van der Waals surface area contributed by atoms with E-state index in [2.05, 4.69) is 10.3 Å². The highest BCUT2D eigenvalue weighted by atomic mass is 19.1. The van der Waals surface area contributed by atoms with Gasteiger partial charge in [-0.2, -0.15) is 0 Å². The van der Waals surface area contributed by atoms with Crippen molar-refractivity contribution in [1.29, 1.82) is 0 Å². The number of halogens is 1. The van der Waals surface area contributed by atoms with Crippen LogP contribution in [0.15, 0.2) is 24.4 Å². The maximum absolute atomic E-state index is 13.4. The van der Waals surface area contributed by atoms with Crippen LogP contribution < -0.4 is 5.73 Å². The van der Waals surface area contributed by atoms with E-state index in [9.17, 15) is 9.18 Å². The first-order valence-electron chi connectivity index (χ1n) is 5.64. The minimum atomic E-state index is -1.10. The number of aliphatic carboxylic acids is 1. The molecular weight excluding hydrogens is 251 g/mol. The van der Waals surface area contributed by atoms with E-state index in [0.717, 1.165) is 0 Å². The molecule has 0 saturated heterocycles. The lowest BCUT2D eigenvalue weighted by Crippen LogP contribution is -2.32. The molecule has 1 heterocycles. The van der Waals surface area contributed by atoms with Crippen LogP contribution in [0.25, 0.3) is 5.69 Å². The fourth-order valence-electron chi connectivity index (χ4n) is 1.67. The van der Waals surface area contributed by atoms with Gasteiger partial charge < -0.3 is 10.8 Å². The maximum Gasteiger partial charge on any atom is 0.320 e. The summed E-state index contributed by atoms with van der Waals surface area (Å²) >= 11 is 0. The van der Waals surface area contributed by atoms with E-state index in [1.807, 2.05) is 0 Å². The average Bonchev–Trinajstić information content (AvgIpc) is 2.81. The summed E-state index contributed by atoms with van der Waals surface area (Å²) < 4.78 is 14.8. The zero-order chi connectivity index (χ0) is 14.0. The molecule has 0 aliphatic heterocycles. The Bertz CT molecular complexity index is 612. The minimum Gasteiger partial charge on any atom is -0.480 e. The minimum absolute atomic E-state index is 0.0731. The van der Waals surface area contributed by atoms with Crippen LogP contribution in [-0.2, 0) is 11.2 Å². The molecule has 1 aromatic carbocycles. The molecule has 6 nitrogen and oxygen atoms in total. The molecule has 19 heavy (non-hydrogen) atoms. The fourth-order valence-corrected chi connectivity index (χ4v) is 1.67. The monoisotopic (exact) mass is 264 g/mol. The molecule has 0 bridgehead atoms. The Morgan fingerprint density at radius 1 is 1.58 bits per heavy atom. The second-order valence-electron chi connectivity index (χ2n) is 4.19. The second-order valence-corrected chi connectivity index (χ2v) is 4.19. The van der Waals surface area contributed by atoms with Crippen molar-refractivity contribution in [3.63, 3.8) is 0 Å². The van der Waals surface area contributed by atoms with Crippen LogP contribution in [0.5, 0.6) is 0 Å². The quantitative estimate of drug-likeness (QED) is 0.846. The third-order valence-corrected chi connectivity index (χ3v) is 2.77. The number of rotatable bonds is 4. The third kappa shape index (κ3) is 2.76. The molecule has 1 aromatic heterocycles. The molecule has 0 aliphatic carbocycles. The lowest BCUT2D eigenvalue weighted by atomic mass is 10.2. The number of benzene rings is 1. The van der Waals surface area contributed by atoms with Gasteiger partial charge in [-0.1, -0.05) is 11.3 Å². The smallest absolute Gasteiger partial charge is 0.320 e. The largest absolute Gasteiger partial charge is 0.480 e. The number of carbonyl (C=O) groups is 1. The van der Waals surface area contributed by atoms with Crippen molar-refractivity contribution in [3.8, 4) is 5.69 Å². The van der Waals surface area contributed by atoms with Crippen molar-refractivity contribution in [2.24, 2.45) is 5.73 Å². The van der Waals surface area contributed by atoms with Crippen LogP contribution in [0.3, 0.4) is 0 Å². The first-order chi connectivity index (χ1) is 8.99. The summed E-state index contributed by atoms with van der Waals surface area (Å²) in [6, 6.07) is 3.60. The normalized spacial score (nSPS) is 12.4. The topological polar surface area (TPSA) is 94.0 Å². The van der Waals surface area contributed by atoms with E-state index in [0.29, 0.717) is 16.9 Å². The molecule has 0 radical (unpaired) electrons. The van der Waals surface area contributed by atoms with Crippen LogP contribution in [0, 0.1) is 12.7 Å². The predicted molar refractivity (Wildman–Crippen MR) is 65.4 cm³/mol.